The van der Waals surface area contributed by atoms with E-state index in [1.54, 1.807) is 6.07 Å². The summed E-state index contributed by atoms with van der Waals surface area (Å²) in [6.07, 6.45) is 0. The summed E-state index contributed by atoms with van der Waals surface area (Å²) in [6, 6.07) is 12.9. The largest absolute Gasteiger partial charge is 0.492 e. The lowest BCUT2D eigenvalue weighted by molar-refractivity contribution is 0.333. The summed E-state index contributed by atoms with van der Waals surface area (Å²) in [5.74, 6) is 0.602. The second-order valence-electron chi connectivity index (χ2n) is 4.17. The maximum absolute atomic E-state index is 13.3. The monoisotopic (exact) mass is 323 g/mol. The van der Waals surface area contributed by atoms with Crippen LogP contribution in [0.3, 0.4) is 0 Å². The predicted molar refractivity (Wildman–Crippen MR) is 79.3 cm³/mol. The smallest absolute Gasteiger partial charge is 0.137 e. The van der Waals surface area contributed by atoms with E-state index >= 15 is 0 Å². The van der Waals surface area contributed by atoms with Crippen molar-refractivity contribution in [3.05, 3.63) is 58.3 Å². The van der Waals surface area contributed by atoms with E-state index in [1.807, 2.05) is 37.3 Å². The van der Waals surface area contributed by atoms with Crippen molar-refractivity contribution in [3.8, 4) is 5.75 Å². The van der Waals surface area contributed by atoms with Gasteiger partial charge in [-0.2, -0.15) is 0 Å². The second kappa shape index (κ2) is 6.57. The first kappa shape index (κ1) is 13.9. The Hall–Kier alpha value is -1.55. The van der Waals surface area contributed by atoms with Gasteiger partial charge in [0.1, 0.15) is 18.2 Å². The Morgan fingerprint density at radius 3 is 2.68 bits per heavy atom. The highest BCUT2D eigenvalue weighted by Gasteiger charge is 2.04. The summed E-state index contributed by atoms with van der Waals surface area (Å²) < 4.78 is 19.3. The number of hydrogen-bond acceptors (Lipinski definition) is 2. The Labute approximate surface area is 120 Å². The van der Waals surface area contributed by atoms with Crippen molar-refractivity contribution in [1.82, 2.24) is 0 Å². The molecule has 2 aromatic carbocycles. The summed E-state index contributed by atoms with van der Waals surface area (Å²) in [4.78, 5) is 0. The van der Waals surface area contributed by atoms with Gasteiger partial charge in [-0.3, -0.25) is 0 Å². The van der Waals surface area contributed by atoms with Gasteiger partial charge in [0, 0.05) is 12.2 Å². The van der Waals surface area contributed by atoms with Crippen LogP contribution in [0.25, 0.3) is 0 Å². The molecule has 19 heavy (non-hydrogen) atoms. The summed E-state index contributed by atoms with van der Waals surface area (Å²) in [5, 5.41) is 3.23. The van der Waals surface area contributed by atoms with Crippen LogP contribution in [0.15, 0.2) is 46.9 Å². The molecule has 0 spiro atoms. The van der Waals surface area contributed by atoms with E-state index in [9.17, 15) is 4.39 Å². The summed E-state index contributed by atoms with van der Waals surface area (Å²) in [7, 11) is 0. The topological polar surface area (TPSA) is 21.3 Å². The number of rotatable bonds is 5. The minimum absolute atomic E-state index is 0.247. The lowest BCUT2D eigenvalue weighted by Gasteiger charge is -2.11. The molecule has 100 valence electrons. The van der Waals surface area contributed by atoms with Gasteiger partial charge in [0.2, 0.25) is 0 Å². The third-order valence-electron chi connectivity index (χ3n) is 2.70. The highest BCUT2D eigenvalue weighted by molar-refractivity contribution is 9.10. The fourth-order valence-corrected chi connectivity index (χ4v) is 2.05. The Kier molecular flexibility index (Phi) is 4.80. The lowest BCUT2D eigenvalue weighted by Crippen LogP contribution is -2.12. The number of para-hydroxylation sites is 1. The van der Waals surface area contributed by atoms with Crippen LogP contribution in [-0.2, 0) is 0 Å². The highest BCUT2D eigenvalue weighted by Crippen LogP contribution is 2.24. The van der Waals surface area contributed by atoms with Crippen molar-refractivity contribution in [1.29, 1.82) is 0 Å². The van der Waals surface area contributed by atoms with E-state index in [-0.39, 0.29) is 5.82 Å². The Balaban J connectivity index is 1.85. The van der Waals surface area contributed by atoms with Crippen LogP contribution < -0.4 is 10.1 Å². The van der Waals surface area contributed by atoms with Gasteiger partial charge in [0.05, 0.1) is 4.47 Å². The first-order chi connectivity index (χ1) is 9.16. The molecule has 0 aromatic heterocycles. The van der Waals surface area contributed by atoms with Gasteiger partial charge >= 0.3 is 0 Å². The SMILES string of the molecule is Cc1cc(F)c(Br)cc1NCCOc1ccccc1. The van der Waals surface area contributed by atoms with Gasteiger partial charge < -0.3 is 10.1 Å². The predicted octanol–water partition coefficient (Wildman–Crippen LogP) is 4.39. The molecule has 0 saturated carbocycles. The molecule has 1 N–H and O–H groups in total. The normalized spacial score (nSPS) is 10.3. The van der Waals surface area contributed by atoms with E-state index < -0.39 is 0 Å². The lowest BCUT2D eigenvalue weighted by atomic mass is 10.2. The maximum atomic E-state index is 13.3. The maximum Gasteiger partial charge on any atom is 0.137 e. The zero-order chi connectivity index (χ0) is 13.7. The van der Waals surface area contributed by atoms with Gasteiger partial charge in [0.15, 0.2) is 0 Å². The van der Waals surface area contributed by atoms with Crippen LogP contribution in [0.2, 0.25) is 0 Å². The van der Waals surface area contributed by atoms with Crippen LogP contribution in [0.1, 0.15) is 5.56 Å². The molecule has 0 bridgehead atoms. The molecule has 4 heteroatoms. The second-order valence-corrected chi connectivity index (χ2v) is 5.02. The summed E-state index contributed by atoms with van der Waals surface area (Å²) in [6.45, 7) is 3.09. The van der Waals surface area contributed by atoms with Gasteiger partial charge in [0.25, 0.3) is 0 Å². The number of benzene rings is 2. The molecule has 0 fully saturated rings. The van der Waals surface area contributed by atoms with E-state index in [2.05, 4.69) is 21.2 Å². The van der Waals surface area contributed by atoms with Crippen molar-refractivity contribution >= 4 is 21.6 Å². The fraction of sp³-hybridized carbons (Fsp3) is 0.200. The number of aryl methyl sites for hydroxylation is 1. The van der Waals surface area contributed by atoms with Crippen molar-refractivity contribution in [2.24, 2.45) is 0 Å². The van der Waals surface area contributed by atoms with E-state index in [1.165, 1.54) is 6.07 Å². The van der Waals surface area contributed by atoms with Gasteiger partial charge in [-0.15, -0.1) is 0 Å². The Morgan fingerprint density at radius 1 is 1.21 bits per heavy atom. The van der Waals surface area contributed by atoms with Gasteiger partial charge in [-0.05, 0) is 52.7 Å². The highest BCUT2D eigenvalue weighted by atomic mass is 79.9. The first-order valence-electron chi connectivity index (χ1n) is 6.04. The average molecular weight is 324 g/mol. The molecule has 0 atom stereocenters. The van der Waals surface area contributed by atoms with Crippen LogP contribution in [0.4, 0.5) is 10.1 Å². The third-order valence-corrected chi connectivity index (χ3v) is 3.30. The molecule has 0 saturated heterocycles. The molecule has 0 unspecified atom stereocenters. The molecule has 0 aliphatic heterocycles. The Bertz CT molecular complexity index is 545. The van der Waals surface area contributed by atoms with Crippen LogP contribution in [-0.4, -0.2) is 13.2 Å². The van der Waals surface area contributed by atoms with Crippen molar-refractivity contribution in [2.45, 2.75) is 6.92 Å². The van der Waals surface area contributed by atoms with E-state index in [0.29, 0.717) is 17.6 Å². The summed E-state index contributed by atoms with van der Waals surface area (Å²) >= 11 is 3.18. The fourth-order valence-electron chi connectivity index (χ4n) is 1.71. The molecular formula is C15H15BrFNO. The number of hydrogen-bond donors (Lipinski definition) is 1. The third kappa shape index (κ3) is 3.96. The quantitative estimate of drug-likeness (QED) is 0.824. The molecular weight excluding hydrogens is 309 g/mol. The molecule has 2 aromatic rings. The van der Waals surface area contributed by atoms with Gasteiger partial charge in [-0.25, -0.2) is 4.39 Å². The molecule has 0 amide bonds. The van der Waals surface area contributed by atoms with Crippen LogP contribution in [0, 0.1) is 12.7 Å². The molecule has 0 aliphatic rings. The first-order valence-corrected chi connectivity index (χ1v) is 6.83. The van der Waals surface area contributed by atoms with E-state index in [4.69, 9.17) is 4.74 Å². The minimum Gasteiger partial charge on any atom is -0.492 e. The van der Waals surface area contributed by atoms with Gasteiger partial charge in [-0.1, -0.05) is 18.2 Å². The number of nitrogens with one attached hydrogen (secondary N) is 1. The number of halogens is 2. The van der Waals surface area contributed by atoms with Crippen molar-refractivity contribution in [2.75, 3.05) is 18.5 Å². The molecule has 2 rings (SSSR count). The summed E-state index contributed by atoms with van der Waals surface area (Å²) in [5.41, 5.74) is 1.78. The molecule has 0 aliphatic carbocycles. The van der Waals surface area contributed by atoms with Crippen molar-refractivity contribution in [3.63, 3.8) is 0 Å². The zero-order valence-corrected chi connectivity index (χ0v) is 12.2. The minimum atomic E-state index is -0.247. The van der Waals surface area contributed by atoms with E-state index in [0.717, 1.165) is 17.0 Å². The van der Waals surface area contributed by atoms with Crippen molar-refractivity contribution < 1.29 is 9.13 Å². The number of anilines is 1. The standard InChI is InChI=1S/C15H15BrFNO/c1-11-9-14(17)13(16)10-15(11)18-7-8-19-12-5-3-2-4-6-12/h2-6,9-10,18H,7-8H2,1H3. The molecule has 0 radical (unpaired) electrons. The Morgan fingerprint density at radius 2 is 1.95 bits per heavy atom. The molecule has 2 nitrogen and oxygen atoms in total. The number of ether oxygens (including phenoxy) is 1. The van der Waals surface area contributed by atoms with Crippen LogP contribution in [0.5, 0.6) is 5.75 Å². The van der Waals surface area contributed by atoms with Crippen LogP contribution >= 0.6 is 15.9 Å². The average Bonchev–Trinajstić information content (AvgIpc) is 2.41. The zero-order valence-electron chi connectivity index (χ0n) is 10.6. The molecule has 0 heterocycles.